The van der Waals surface area contributed by atoms with E-state index in [0.29, 0.717) is 5.92 Å². The van der Waals surface area contributed by atoms with Gasteiger partial charge < -0.3 is 10.2 Å². The molecule has 1 atom stereocenters. The van der Waals surface area contributed by atoms with Gasteiger partial charge in [0.2, 0.25) is 0 Å². The van der Waals surface area contributed by atoms with E-state index < -0.39 is 0 Å². The van der Waals surface area contributed by atoms with Crippen LogP contribution in [-0.4, -0.2) is 31.6 Å². The predicted molar refractivity (Wildman–Crippen MR) is 77.5 cm³/mol. The third-order valence-electron chi connectivity index (χ3n) is 2.70. The highest BCUT2D eigenvalue weighted by molar-refractivity contribution is 7.07. The maximum absolute atomic E-state index is 3.52. The Morgan fingerprint density at radius 2 is 2.06 bits per heavy atom. The molecule has 0 aliphatic carbocycles. The normalized spacial score (nSPS) is 13.5. The van der Waals surface area contributed by atoms with Gasteiger partial charge in [-0.05, 0) is 54.4 Å². The highest BCUT2D eigenvalue weighted by Crippen LogP contribution is 2.09. The molecule has 3 heteroatoms. The number of hydrogen-bond acceptors (Lipinski definition) is 3. The molecule has 98 valence electrons. The van der Waals surface area contributed by atoms with Crippen molar-refractivity contribution < 1.29 is 0 Å². The first-order valence-corrected chi connectivity index (χ1v) is 7.42. The highest BCUT2D eigenvalue weighted by Gasteiger charge is 2.07. The molecule has 0 bridgehead atoms. The van der Waals surface area contributed by atoms with E-state index in [1.807, 2.05) is 0 Å². The summed E-state index contributed by atoms with van der Waals surface area (Å²) in [7, 11) is 2.20. The number of nitrogens with zero attached hydrogens (tertiary/aromatic N) is 1. The first-order valence-electron chi connectivity index (χ1n) is 6.48. The molecule has 1 heterocycles. The zero-order valence-electron chi connectivity index (χ0n) is 11.6. The van der Waals surface area contributed by atoms with Crippen LogP contribution in [0.4, 0.5) is 0 Å². The Balaban J connectivity index is 2.14. The third kappa shape index (κ3) is 6.81. The Kier molecular flexibility index (Phi) is 6.78. The number of thiophene rings is 1. The van der Waals surface area contributed by atoms with Crippen LogP contribution >= 0.6 is 11.3 Å². The second-order valence-electron chi connectivity index (χ2n) is 5.49. The van der Waals surface area contributed by atoms with Crippen molar-refractivity contribution in [1.29, 1.82) is 0 Å². The van der Waals surface area contributed by atoms with Crippen LogP contribution in [0, 0.1) is 11.8 Å². The maximum atomic E-state index is 3.52. The minimum Gasteiger partial charge on any atom is -0.316 e. The van der Waals surface area contributed by atoms with Crippen molar-refractivity contribution in [1.82, 2.24) is 10.2 Å². The second-order valence-corrected chi connectivity index (χ2v) is 6.27. The van der Waals surface area contributed by atoms with E-state index in [0.717, 1.165) is 32.1 Å². The van der Waals surface area contributed by atoms with E-state index >= 15 is 0 Å². The summed E-state index contributed by atoms with van der Waals surface area (Å²) in [6, 6.07) is 2.21. The summed E-state index contributed by atoms with van der Waals surface area (Å²) in [5.74, 6) is 1.45. The van der Waals surface area contributed by atoms with Gasteiger partial charge in [-0.15, -0.1) is 0 Å². The van der Waals surface area contributed by atoms with E-state index in [9.17, 15) is 0 Å². The molecule has 1 unspecified atom stereocenters. The number of hydrogen-bond donors (Lipinski definition) is 1. The zero-order valence-corrected chi connectivity index (χ0v) is 12.4. The molecule has 1 aromatic rings. The summed E-state index contributed by atoms with van der Waals surface area (Å²) >= 11 is 1.78. The predicted octanol–water partition coefficient (Wildman–Crippen LogP) is 3.06. The molecule has 0 spiro atoms. The minimum absolute atomic E-state index is 0.706. The molecular weight excluding hydrogens is 228 g/mol. The van der Waals surface area contributed by atoms with Gasteiger partial charge in [0.05, 0.1) is 0 Å². The van der Waals surface area contributed by atoms with Crippen LogP contribution in [0.2, 0.25) is 0 Å². The molecule has 0 aliphatic rings. The van der Waals surface area contributed by atoms with Gasteiger partial charge in [0, 0.05) is 13.1 Å². The average molecular weight is 254 g/mol. The van der Waals surface area contributed by atoms with E-state index in [2.05, 4.69) is 54.9 Å². The molecule has 0 saturated heterocycles. The van der Waals surface area contributed by atoms with Crippen LogP contribution < -0.4 is 5.32 Å². The number of rotatable bonds is 8. The fourth-order valence-electron chi connectivity index (χ4n) is 1.97. The van der Waals surface area contributed by atoms with Gasteiger partial charge in [-0.25, -0.2) is 0 Å². The second kappa shape index (κ2) is 7.85. The van der Waals surface area contributed by atoms with Crippen LogP contribution in [-0.2, 0) is 6.54 Å². The van der Waals surface area contributed by atoms with E-state index in [4.69, 9.17) is 0 Å². The lowest BCUT2D eigenvalue weighted by Crippen LogP contribution is -2.32. The van der Waals surface area contributed by atoms with Crippen LogP contribution in [0.25, 0.3) is 0 Å². The summed E-state index contributed by atoms with van der Waals surface area (Å²) in [6.07, 6.45) is 0. The molecule has 0 amide bonds. The SMILES string of the molecule is CC(C)CNCC(C)CN(C)Cc1ccsc1. The van der Waals surface area contributed by atoms with E-state index in [1.54, 1.807) is 11.3 Å². The summed E-state index contributed by atoms with van der Waals surface area (Å²) < 4.78 is 0. The van der Waals surface area contributed by atoms with Crippen molar-refractivity contribution in [3.8, 4) is 0 Å². The topological polar surface area (TPSA) is 15.3 Å². The Morgan fingerprint density at radius 3 is 2.65 bits per heavy atom. The van der Waals surface area contributed by atoms with Crippen LogP contribution in [0.3, 0.4) is 0 Å². The molecule has 0 radical (unpaired) electrons. The van der Waals surface area contributed by atoms with Crippen molar-refractivity contribution in [3.63, 3.8) is 0 Å². The van der Waals surface area contributed by atoms with Crippen molar-refractivity contribution in [2.75, 3.05) is 26.7 Å². The lowest BCUT2D eigenvalue weighted by atomic mass is 10.1. The van der Waals surface area contributed by atoms with Gasteiger partial charge in [-0.3, -0.25) is 0 Å². The maximum Gasteiger partial charge on any atom is 0.0239 e. The van der Waals surface area contributed by atoms with E-state index in [1.165, 1.54) is 5.56 Å². The smallest absolute Gasteiger partial charge is 0.0239 e. The van der Waals surface area contributed by atoms with E-state index in [-0.39, 0.29) is 0 Å². The van der Waals surface area contributed by atoms with Crippen LogP contribution in [0.15, 0.2) is 16.8 Å². The molecule has 0 fully saturated rings. The van der Waals surface area contributed by atoms with Crippen molar-refractivity contribution in [2.24, 2.45) is 11.8 Å². The molecule has 0 saturated carbocycles. The number of nitrogens with one attached hydrogen (secondary N) is 1. The zero-order chi connectivity index (χ0) is 12.7. The fourth-order valence-corrected chi connectivity index (χ4v) is 2.63. The molecule has 0 aromatic carbocycles. The summed E-state index contributed by atoms with van der Waals surface area (Å²) in [6.45, 7) is 11.3. The van der Waals surface area contributed by atoms with Gasteiger partial charge in [0.15, 0.2) is 0 Å². The molecule has 1 aromatic heterocycles. The molecule has 1 N–H and O–H groups in total. The largest absolute Gasteiger partial charge is 0.316 e. The van der Waals surface area contributed by atoms with Gasteiger partial charge in [-0.2, -0.15) is 11.3 Å². The van der Waals surface area contributed by atoms with Gasteiger partial charge >= 0.3 is 0 Å². The van der Waals surface area contributed by atoms with Crippen molar-refractivity contribution >= 4 is 11.3 Å². The molecular formula is C14H26N2S. The van der Waals surface area contributed by atoms with Crippen molar-refractivity contribution in [3.05, 3.63) is 22.4 Å². The van der Waals surface area contributed by atoms with Gasteiger partial charge in [-0.1, -0.05) is 20.8 Å². The third-order valence-corrected chi connectivity index (χ3v) is 3.43. The minimum atomic E-state index is 0.706. The fraction of sp³-hybridized carbons (Fsp3) is 0.714. The van der Waals surface area contributed by atoms with Gasteiger partial charge in [0.1, 0.15) is 0 Å². The molecule has 17 heavy (non-hydrogen) atoms. The summed E-state index contributed by atoms with van der Waals surface area (Å²) in [5, 5.41) is 7.91. The Morgan fingerprint density at radius 1 is 1.29 bits per heavy atom. The van der Waals surface area contributed by atoms with Crippen LogP contribution in [0.1, 0.15) is 26.3 Å². The average Bonchev–Trinajstić information content (AvgIpc) is 2.69. The lowest BCUT2D eigenvalue weighted by molar-refractivity contribution is 0.273. The highest BCUT2D eigenvalue weighted by atomic mass is 32.1. The Hall–Kier alpha value is -0.380. The quantitative estimate of drug-likeness (QED) is 0.767. The first kappa shape index (κ1) is 14.7. The van der Waals surface area contributed by atoms with Crippen molar-refractivity contribution in [2.45, 2.75) is 27.3 Å². The molecule has 0 aliphatic heterocycles. The molecule has 2 nitrogen and oxygen atoms in total. The standard InChI is InChI=1S/C14H26N2S/c1-12(2)7-15-8-13(3)9-16(4)10-14-5-6-17-11-14/h5-6,11-13,15H,7-10H2,1-4H3. The molecule has 1 rings (SSSR count). The van der Waals surface area contributed by atoms with Gasteiger partial charge in [0.25, 0.3) is 0 Å². The summed E-state index contributed by atoms with van der Waals surface area (Å²) in [5.41, 5.74) is 1.43. The van der Waals surface area contributed by atoms with Crippen LogP contribution in [0.5, 0.6) is 0 Å². The monoisotopic (exact) mass is 254 g/mol. The Bertz CT molecular complexity index is 282. The first-order chi connectivity index (χ1) is 8.08. The summed E-state index contributed by atoms with van der Waals surface area (Å²) in [4.78, 5) is 2.41. The lowest BCUT2D eigenvalue weighted by Gasteiger charge is -2.21. The Labute approximate surface area is 110 Å².